The highest BCUT2D eigenvalue weighted by Gasteiger charge is 2.14. The van der Waals surface area contributed by atoms with E-state index in [1.165, 1.54) is 0 Å². The number of halogens is 2. The van der Waals surface area contributed by atoms with Crippen LogP contribution in [0.15, 0.2) is 59.1 Å². The van der Waals surface area contributed by atoms with Gasteiger partial charge in [-0.05, 0) is 48.5 Å². The number of benzene rings is 2. The van der Waals surface area contributed by atoms with Crippen LogP contribution >= 0.6 is 23.2 Å². The second-order valence-electron chi connectivity index (χ2n) is 5.80. The lowest BCUT2D eigenvalue weighted by Crippen LogP contribution is -2.31. The minimum absolute atomic E-state index is 0.00900. The molecule has 0 spiro atoms. The lowest BCUT2D eigenvalue weighted by molar-refractivity contribution is 0.215. The molecule has 0 unspecified atom stereocenters. The van der Waals surface area contributed by atoms with Crippen molar-refractivity contribution in [3.05, 3.63) is 58.3 Å². The molecule has 0 fully saturated rings. The van der Waals surface area contributed by atoms with E-state index in [-0.39, 0.29) is 24.8 Å². The van der Waals surface area contributed by atoms with E-state index in [0.717, 1.165) is 0 Å². The number of urea groups is 2. The molecule has 0 saturated carbocycles. The Morgan fingerprint density at radius 1 is 0.742 bits per heavy atom. The molecule has 2 aromatic carbocycles. The van der Waals surface area contributed by atoms with Gasteiger partial charge in [0.1, 0.15) is 11.5 Å². The van der Waals surface area contributed by atoms with Crippen LogP contribution in [0.2, 0.25) is 0 Å². The van der Waals surface area contributed by atoms with Crippen molar-refractivity contribution in [3.63, 3.8) is 0 Å². The van der Waals surface area contributed by atoms with Crippen LogP contribution in [0.1, 0.15) is 0 Å². The van der Waals surface area contributed by atoms with Gasteiger partial charge >= 0.3 is 12.1 Å². The van der Waals surface area contributed by atoms with Crippen LogP contribution in [0, 0.1) is 9.81 Å². The number of carbonyl (C=O) groups excluding carboxylic acids is 2. The fraction of sp³-hybridized carbons (Fsp3) is 0.222. The van der Waals surface area contributed by atoms with Crippen molar-refractivity contribution in [3.8, 4) is 11.5 Å². The maximum Gasteiger partial charge on any atom is 0.344 e. The van der Waals surface area contributed by atoms with Gasteiger partial charge in [0.25, 0.3) is 0 Å². The third-order valence-corrected chi connectivity index (χ3v) is 4.04. The number of nitroso groups, excluding NO2 is 2. The highest BCUT2D eigenvalue weighted by Crippen LogP contribution is 2.24. The smallest absolute Gasteiger partial charge is 0.344 e. The lowest BCUT2D eigenvalue weighted by Gasteiger charge is -2.14. The summed E-state index contributed by atoms with van der Waals surface area (Å²) in [7, 11) is 0. The van der Waals surface area contributed by atoms with Gasteiger partial charge in [0.15, 0.2) is 0 Å². The average Bonchev–Trinajstić information content (AvgIpc) is 2.78. The predicted molar refractivity (Wildman–Crippen MR) is 117 cm³/mol. The monoisotopic (exact) mass is 468 g/mol. The molecule has 31 heavy (non-hydrogen) atoms. The molecule has 0 heterocycles. The maximum absolute atomic E-state index is 11.9. The second-order valence-corrected chi connectivity index (χ2v) is 6.55. The summed E-state index contributed by atoms with van der Waals surface area (Å²) >= 11 is 11.0. The maximum atomic E-state index is 11.9. The summed E-state index contributed by atoms with van der Waals surface area (Å²) in [5.41, 5.74) is 0.868. The van der Waals surface area contributed by atoms with Crippen molar-refractivity contribution in [1.29, 1.82) is 0 Å². The number of hydrogen-bond acceptors (Lipinski definition) is 7. The van der Waals surface area contributed by atoms with Crippen LogP contribution < -0.4 is 15.4 Å². The molecule has 0 atom stereocenters. The van der Waals surface area contributed by atoms with Crippen molar-refractivity contribution < 1.29 is 14.3 Å². The topological polar surface area (TPSA) is 133 Å². The first-order valence-electron chi connectivity index (χ1n) is 8.84. The van der Waals surface area contributed by atoms with Gasteiger partial charge in [-0.1, -0.05) is 0 Å². The largest absolute Gasteiger partial charge is 0.457 e. The third-order valence-electron chi connectivity index (χ3n) is 3.71. The number of amides is 4. The predicted octanol–water partition coefficient (Wildman–Crippen LogP) is 4.99. The van der Waals surface area contributed by atoms with Crippen molar-refractivity contribution in [2.45, 2.75) is 0 Å². The fourth-order valence-corrected chi connectivity index (χ4v) is 2.56. The van der Waals surface area contributed by atoms with Crippen LogP contribution in [-0.2, 0) is 0 Å². The Kier molecular flexibility index (Phi) is 9.46. The van der Waals surface area contributed by atoms with Gasteiger partial charge in [-0.2, -0.15) is 10.0 Å². The molecule has 4 amide bonds. The Bertz CT molecular complexity index is 824. The van der Waals surface area contributed by atoms with Gasteiger partial charge in [-0.3, -0.25) is 0 Å². The minimum Gasteiger partial charge on any atom is -0.457 e. The van der Waals surface area contributed by atoms with Crippen LogP contribution in [-0.4, -0.2) is 46.9 Å². The molecule has 0 bridgehead atoms. The second kappa shape index (κ2) is 12.3. The molecular weight excluding hydrogens is 451 g/mol. The van der Waals surface area contributed by atoms with E-state index >= 15 is 0 Å². The third kappa shape index (κ3) is 7.39. The minimum atomic E-state index is -0.698. The first kappa shape index (κ1) is 23.8. The van der Waals surface area contributed by atoms with Gasteiger partial charge in [0, 0.05) is 23.1 Å². The van der Waals surface area contributed by atoms with E-state index in [1.54, 1.807) is 48.5 Å². The molecule has 0 saturated heterocycles. The van der Waals surface area contributed by atoms with Crippen molar-refractivity contribution in [1.82, 2.24) is 10.0 Å². The van der Waals surface area contributed by atoms with Crippen molar-refractivity contribution in [2.24, 2.45) is 10.6 Å². The Hall–Kier alpha value is -3.44. The van der Waals surface area contributed by atoms with Crippen LogP contribution in [0.4, 0.5) is 21.0 Å². The molecule has 2 N–H and O–H groups in total. The number of nitrogens with zero attached hydrogens (tertiary/aromatic N) is 4. The highest BCUT2D eigenvalue weighted by atomic mass is 35.5. The first-order valence-corrected chi connectivity index (χ1v) is 9.91. The highest BCUT2D eigenvalue weighted by molar-refractivity contribution is 6.18. The van der Waals surface area contributed by atoms with Gasteiger partial charge in [-0.25, -0.2) is 9.59 Å². The Morgan fingerprint density at radius 2 is 1.10 bits per heavy atom. The van der Waals surface area contributed by atoms with Crippen molar-refractivity contribution in [2.75, 3.05) is 35.5 Å². The number of nitrogens with one attached hydrogen (secondary N) is 2. The number of anilines is 2. The average molecular weight is 469 g/mol. The molecule has 0 aliphatic rings. The number of rotatable bonds is 10. The van der Waals surface area contributed by atoms with E-state index in [0.29, 0.717) is 32.9 Å². The summed E-state index contributed by atoms with van der Waals surface area (Å²) < 4.78 is 5.69. The molecular formula is C18H18Cl2N6O5. The van der Waals surface area contributed by atoms with Gasteiger partial charge in [0.2, 0.25) is 0 Å². The molecule has 164 valence electrons. The summed E-state index contributed by atoms with van der Waals surface area (Å²) in [6, 6.07) is 11.4. The molecule has 0 aromatic heterocycles. The summed E-state index contributed by atoms with van der Waals surface area (Å²) in [5.74, 6) is 1.13. The van der Waals surface area contributed by atoms with E-state index < -0.39 is 12.1 Å². The Labute approximate surface area is 187 Å². The molecule has 2 rings (SSSR count). The van der Waals surface area contributed by atoms with Crippen LogP contribution in [0.25, 0.3) is 0 Å². The summed E-state index contributed by atoms with van der Waals surface area (Å²) in [4.78, 5) is 45.0. The van der Waals surface area contributed by atoms with Gasteiger partial charge in [0.05, 0.1) is 23.7 Å². The van der Waals surface area contributed by atoms with Gasteiger partial charge < -0.3 is 15.4 Å². The van der Waals surface area contributed by atoms with Crippen LogP contribution in [0.5, 0.6) is 11.5 Å². The van der Waals surface area contributed by atoms with E-state index in [4.69, 9.17) is 27.9 Å². The Morgan fingerprint density at radius 3 is 1.39 bits per heavy atom. The number of carbonyl (C=O) groups is 2. The molecule has 0 aliphatic heterocycles. The van der Waals surface area contributed by atoms with Gasteiger partial charge in [-0.15, -0.1) is 33.0 Å². The number of hydrogen-bond donors (Lipinski definition) is 2. The fourth-order valence-electron chi connectivity index (χ4n) is 2.24. The summed E-state index contributed by atoms with van der Waals surface area (Å²) in [6.07, 6.45) is 0. The zero-order chi connectivity index (χ0) is 22.6. The van der Waals surface area contributed by atoms with E-state index in [9.17, 15) is 19.4 Å². The number of alkyl halides is 2. The first-order chi connectivity index (χ1) is 15.0. The lowest BCUT2D eigenvalue weighted by atomic mass is 10.3. The molecule has 13 heteroatoms. The van der Waals surface area contributed by atoms with E-state index in [1.807, 2.05) is 0 Å². The molecule has 2 aromatic rings. The van der Waals surface area contributed by atoms with Crippen LogP contribution in [0.3, 0.4) is 0 Å². The molecule has 0 aliphatic carbocycles. The van der Waals surface area contributed by atoms with Crippen molar-refractivity contribution >= 4 is 46.6 Å². The number of ether oxygens (including phenoxy) is 1. The zero-order valence-corrected chi connectivity index (χ0v) is 17.5. The SMILES string of the molecule is O=NN(CCCl)C(=O)Nc1ccc(Oc2ccc(NC(=O)N(CCCl)N=O)cc2)cc1. The Balaban J connectivity index is 1.93. The summed E-state index contributed by atoms with van der Waals surface area (Å²) in [5, 5.41) is 11.6. The molecule has 0 radical (unpaired) electrons. The van der Waals surface area contributed by atoms with E-state index in [2.05, 4.69) is 21.2 Å². The quantitative estimate of drug-likeness (QED) is 0.288. The zero-order valence-electron chi connectivity index (χ0n) is 16.0. The molecule has 11 nitrogen and oxygen atoms in total. The standard InChI is InChI=1S/C18H18Cl2N6O5/c19-9-11-25(23-29)17(27)21-13-1-5-15(6-2-13)31-16-7-3-14(4-8-16)22-18(28)26(24-30)12-10-20/h1-8H,9-12H2,(H,21,27)(H,22,28). The summed E-state index contributed by atoms with van der Waals surface area (Å²) in [6.45, 7) is -0.0180. The normalized spacial score (nSPS) is 10.0.